The Bertz CT molecular complexity index is 845. The van der Waals surface area contributed by atoms with Crippen LogP contribution in [0.1, 0.15) is 21.6 Å². The Labute approximate surface area is 138 Å². The highest BCUT2D eigenvalue weighted by molar-refractivity contribution is 6.30. The zero-order chi connectivity index (χ0) is 16.2. The van der Waals surface area contributed by atoms with Crippen LogP contribution in [0.2, 0.25) is 5.02 Å². The minimum absolute atomic E-state index is 0.141. The molecule has 0 bridgehead atoms. The molecule has 0 aliphatic heterocycles. The predicted molar refractivity (Wildman–Crippen MR) is 88.5 cm³/mol. The molecule has 3 aromatic rings. The number of nitrogens with zero attached hydrogens (tertiary/aromatic N) is 2. The first-order chi connectivity index (χ1) is 11.2. The Balaban J connectivity index is 1.69. The summed E-state index contributed by atoms with van der Waals surface area (Å²) in [6.45, 7) is 0.834. The normalized spacial score (nSPS) is 10.9. The predicted octanol–water partition coefficient (Wildman–Crippen LogP) is 3.06. The lowest BCUT2D eigenvalue weighted by molar-refractivity contribution is 0.0950. The van der Waals surface area contributed by atoms with Crippen LogP contribution in [0.15, 0.2) is 48.8 Å². The zero-order valence-corrected chi connectivity index (χ0v) is 13.4. The largest absolute Gasteiger partial charge is 0.380 e. The number of carbonyl (C=O) groups is 1. The van der Waals surface area contributed by atoms with E-state index in [-0.39, 0.29) is 5.91 Å². The van der Waals surface area contributed by atoms with Gasteiger partial charge in [-0.2, -0.15) is 0 Å². The van der Waals surface area contributed by atoms with Gasteiger partial charge in [0.1, 0.15) is 5.65 Å². The molecule has 1 N–H and O–H groups in total. The lowest BCUT2D eigenvalue weighted by Gasteiger charge is -2.05. The first kappa shape index (κ1) is 15.5. The molecular weight excluding hydrogens is 314 g/mol. The Morgan fingerprint density at radius 2 is 2.17 bits per heavy atom. The number of hydrogen-bond donors (Lipinski definition) is 1. The Hall–Kier alpha value is -2.37. The van der Waals surface area contributed by atoms with E-state index in [2.05, 4.69) is 10.3 Å². The molecule has 0 spiro atoms. The second-order valence-electron chi connectivity index (χ2n) is 5.16. The molecule has 0 aliphatic rings. The van der Waals surface area contributed by atoms with E-state index in [0.717, 1.165) is 16.9 Å². The number of imidazole rings is 1. The zero-order valence-electron chi connectivity index (χ0n) is 12.6. The fourth-order valence-corrected chi connectivity index (χ4v) is 2.51. The van der Waals surface area contributed by atoms with E-state index in [1.54, 1.807) is 25.4 Å². The third-order valence-corrected chi connectivity index (χ3v) is 3.62. The summed E-state index contributed by atoms with van der Waals surface area (Å²) in [5.41, 5.74) is 3.13. The quantitative estimate of drug-likeness (QED) is 0.782. The van der Waals surface area contributed by atoms with Crippen molar-refractivity contribution in [2.24, 2.45) is 0 Å². The summed E-state index contributed by atoms with van der Waals surface area (Å²) in [6, 6.07) is 11.0. The van der Waals surface area contributed by atoms with E-state index in [0.29, 0.717) is 23.7 Å². The van der Waals surface area contributed by atoms with Crippen LogP contribution in [-0.2, 0) is 17.9 Å². The number of carbonyl (C=O) groups excluding carboxylic acids is 1. The van der Waals surface area contributed by atoms with E-state index in [1.165, 1.54) is 0 Å². The second-order valence-corrected chi connectivity index (χ2v) is 5.60. The third kappa shape index (κ3) is 3.70. The van der Waals surface area contributed by atoms with Gasteiger partial charge >= 0.3 is 0 Å². The molecule has 0 saturated carbocycles. The fourth-order valence-electron chi connectivity index (χ4n) is 2.34. The summed E-state index contributed by atoms with van der Waals surface area (Å²) in [4.78, 5) is 16.7. The third-order valence-electron chi connectivity index (χ3n) is 3.40. The molecule has 5 nitrogen and oxygen atoms in total. The molecule has 1 amide bonds. The van der Waals surface area contributed by atoms with Gasteiger partial charge in [0, 0.05) is 25.1 Å². The number of benzene rings is 1. The molecule has 1 aromatic carbocycles. The van der Waals surface area contributed by atoms with Gasteiger partial charge in [0.05, 0.1) is 23.9 Å². The number of nitrogens with one attached hydrogen (secondary N) is 1. The molecule has 0 fully saturated rings. The van der Waals surface area contributed by atoms with E-state index >= 15 is 0 Å². The summed E-state index contributed by atoms with van der Waals surface area (Å²) in [5, 5.41) is 3.51. The van der Waals surface area contributed by atoms with Crippen LogP contribution < -0.4 is 5.32 Å². The van der Waals surface area contributed by atoms with E-state index in [1.807, 2.05) is 34.9 Å². The summed E-state index contributed by atoms with van der Waals surface area (Å²) >= 11 is 5.95. The molecule has 0 atom stereocenters. The van der Waals surface area contributed by atoms with Gasteiger partial charge in [-0.1, -0.05) is 23.7 Å². The lowest BCUT2D eigenvalue weighted by atomic mass is 10.1. The van der Waals surface area contributed by atoms with Crippen molar-refractivity contribution in [3.05, 3.63) is 70.6 Å². The Kier molecular flexibility index (Phi) is 4.60. The van der Waals surface area contributed by atoms with Gasteiger partial charge in [0.25, 0.3) is 5.91 Å². The molecule has 0 radical (unpaired) electrons. The number of fused-ring (bicyclic) bond motifs is 1. The standard InChI is InChI=1S/C17H16ClN3O2/c1-23-11-12-3-2-4-13(7-12)17(22)19-8-15-10-21-9-14(18)5-6-16(21)20-15/h2-7,9-10H,8,11H2,1H3,(H,19,22). The number of halogens is 1. The van der Waals surface area contributed by atoms with E-state index < -0.39 is 0 Å². The van der Waals surface area contributed by atoms with Crippen molar-refractivity contribution in [2.75, 3.05) is 7.11 Å². The molecule has 2 aromatic heterocycles. The molecule has 0 saturated heterocycles. The minimum atomic E-state index is -0.141. The van der Waals surface area contributed by atoms with Crippen LogP contribution in [0.3, 0.4) is 0 Å². The van der Waals surface area contributed by atoms with Crippen molar-refractivity contribution in [3.63, 3.8) is 0 Å². The molecule has 0 aliphatic carbocycles. The van der Waals surface area contributed by atoms with Gasteiger partial charge in [0.15, 0.2) is 0 Å². The maximum atomic E-state index is 12.2. The van der Waals surface area contributed by atoms with Crippen molar-refractivity contribution in [1.82, 2.24) is 14.7 Å². The van der Waals surface area contributed by atoms with Crippen LogP contribution in [0.25, 0.3) is 5.65 Å². The van der Waals surface area contributed by atoms with Gasteiger partial charge in [0.2, 0.25) is 0 Å². The maximum Gasteiger partial charge on any atom is 0.251 e. The van der Waals surface area contributed by atoms with Crippen LogP contribution in [0.5, 0.6) is 0 Å². The topological polar surface area (TPSA) is 55.6 Å². The monoisotopic (exact) mass is 329 g/mol. The number of hydrogen-bond acceptors (Lipinski definition) is 3. The fraction of sp³-hybridized carbons (Fsp3) is 0.176. The van der Waals surface area contributed by atoms with E-state index in [4.69, 9.17) is 16.3 Å². The summed E-state index contributed by atoms with van der Waals surface area (Å²) in [7, 11) is 1.63. The van der Waals surface area contributed by atoms with Crippen LogP contribution in [0, 0.1) is 0 Å². The van der Waals surface area contributed by atoms with Gasteiger partial charge in [-0.05, 0) is 29.8 Å². The molecule has 0 unspecified atom stereocenters. The lowest BCUT2D eigenvalue weighted by Crippen LogP contribution is -2.23. The summed E-state index contributed by atoms with van der Waals surface area (Å²) in [6.07, 6.45) is 3.63. The highest BCUT2D eigenvalue weighted by atomic mass is 35.5. The van der Waals surface area contributed by atoms with Gasteiger partial charge in [-0.15, -0.1) is 0 Å². The Morgan fingerprint density at radius 1 is 1.30 bits per heavy atom. The number of amides is 1. The van der Waals surface area contributed by atoms with Gasteiger partial charge < -0.3 is 14.5 Å². The second kappa shape index (κ2) is 6.81. The number of ether oxygens (including phenoxy) is 1. The van der Waals surface area contributed by atoms with Crippen molar-refractivity contribution >= 4 is 23.2 Å². The summed E-state index contributed by atoms with van der Waals surface area (Å²) in [5.74, 6) is -0.141. The molecular formula is C17H16ClN3O2. The first-order valence-electron chi connectivity index (χ1n) is 7.15. The highest BCUT2D eigenvalue weighted by Crippen LogP contribution is 2.12. The van der Waals surface area contributed by atoms with Crippen molar-refractivity contribution in [2.45, 2.75) is 13.2 Å². The molecule has 3 rings (SSSR count). The first-order valence-corrected chi connectivity index (χ1v) is 7.53. The number of rotatable bonds is 5. The number of aromatic nitrogens is 2. The average molecular weight is 330 g/mol. The van der Waals surface area contributed by atoms with Crippen molar-refractivity contribution in [3.8, 4) is 0 Å². The number of pyridine rings is 1. The Morgan fingerprint density at radius 3 is 3.00 bits per heavy atom. The van der Waals surface area contributed by atoms with Crippen LogP contribution in [-0.4, -0.2) is 22.4 Å². The van der Waals surface area contributed by atoms with Gasteiger partial charge in [-0.25, -0.2) is 4.98 Å². The van der Waals surface area contributed by atoms with E-state index in [9.17, 15) is 4.79 Å². The molecule has 2 heterocycles. The summed E-state index contributed by atoms with van der Waals surface area (Å²) < 4.78 is 6.92. The molecule has 23 heavy (non-hydrogen) atoms. The SMILES string of the molecule is COCc1cccc(C(=O)NCc2cn3cc(Cl)ccc3n2)c1. The average Bonchev–Trinajstić information content (AvgIpc) is 2.95. The molecule has 118 valence electrons. The van der Waals surface area contributed by atoms with Crippen molar-refractivity contribution < 1.29 is 9.53 Å². The van der Waals surface area contributed by atoms with Crippen LogP contribution >= 0.6 is 11.6 Å². The smallest absolute Gasteiger partial charge is 0.251 e. The van der Waals surface area contributed by atoms with Gasteiger partial charge in [-0.3, -0.25) is 4.79 Å². The molecule has 6 heteroatoms. The maximum absolute atomic E-state index is 12.2. The number of methoxy groups -OCH3 is 1. The van der Waals surface area contributed by atoms with Crippen molar-refractivity contribution in [1.29, 1.82) is 0 Å². The van der Waals surface area contributed by atoms with Crippen LogP contribution in [0.4, 0.5) is 0 Å². The highest BCUT2D eigenvalue weighted by Gasteiger charge is 2.08. The minimum Gasteiger partial charge on any atom is -0.380 e.